The van der Waals surface area contributed by atoms with Crippen LogP contribution in [-0.2, 0) is 23.8 Å². The Morgan fingerprint density at radius 2 is 1.29 bits per heavy atom. The Labute approximate surface area is 209 Å². The molecule has 0 N–H and O–H groups in total. The van der Waals surface area contributed by atoms with E-state index in [4.69, 9.17) is 8.92 Å². The summed E-state index contributed by atoms with van der Waals surface area (Å²) in [4.78, 5) is 12.0. The van der Waals surface area contributed by atoms with Crippen molar-refractivity contribution in [3.05, 3.63) is 29.8 Å². The van der Waals surface area contributed by atoms with Gasteiger partial charge in [-0.3, -0.25) is 8.98 Å². The van der Waals surface area contributed by atoms with Gasteiger partial charge >= 0.3 is 5.97 Å². The Bertz CT molecular complexity index is 770. The molecule has 6 heteroatoms. The fraction of sp³-hybridized carbons (Fsp3) is 0.750. The van der Waals surface area contributed by atoms with Gasteiger partial charge in [-0.15, -0.1) is 0 Å². The Hall–Kier alpha value is -1.40. The molecule has 2 unspecified atom stereocenters. The van der Waals surface area contributed by atoms with Crippen LogP contribution in [0.4, 0.5) is 0 Å². The molecule has 2 atom stereocenters. The normalized spacial score (nSPS) is 13.7. The van der Waals surface area contributed by atoms with Crippen LogP contribution in [0, 0.1) is 12.8 Å². The molecule has 0 saturated carbocycles. The van der Waals surface area contributed by atoms with Gasteiger partial charge in [-0.05, 0) is 44.2 Å². The first-order valence-corrected chi connectivity index (χ1v) is 14.7. The van der Waals surface area contributed by atoms with Crippen LogP contribution in [0.2, 0.25) is 0 Å². The fourth-order valence-corrected chi connectivity index (χ4v) is 5.26. The van der Waals surface area contributed by atoms with Gasteiger partial charge in [0.15, 0.2) is 0 Å². The van der Waals surface area contributed by atoms with Crippen molar-refractivity contribution in [3.63, 3.8) is 0 Å². The third-order valence-corrected chi connectivity index (χ3v) is 7.50. The van der Waals surface area contributed by atoms with Gasteiger partial charge in [-0.25, -0.2) is 0 Å². The number of unbranched alkanes of at least 4 members (excludes halogenated alkanes) is 8. The topological polar surface area (TPSA) is 69.7 Å². The molecule has 0 aromatic heterocycles. The van der Waals surface area contributed by atoms with Crippen molar-refractivity contribution < 1.29 is 22.1 Å². The van der Waals surface area contributed by atoms with E-state index in [1.165, 1.54) is 39.0 Å². The van der Waals surface area contributed by atoms with Crippen molar-refractivity contribution in [2.45, 2.75) is 135 Å². The average Bonchev–Trinajstić information content (AvgIpc) is 2.76. The van der Waals surface area contributed by atoms with E-state index >= 15 is 0 Å². The lowest BCUT2D eigenvalue weighted by Crippen LogP contribution is -2.35. The molecule has 1 aromatic carbocycles. The van der Waals surface area contributed by atoms with Crippen LogP contribution in [-0.4, -0.2) is 26.6 Å². The second-order valence-corrected chi connectivity index (χ2v) is 11.6. The van der Waals surface area contributed by atoms with Gasteiger partial charge in [-0.2, -0.15) is 8.42 Å². The highest BCUT2D eigenvalue weighted by Gasteiger charge is 2.30. The lowest BCUT2D eigenvalue weighted by molar-refractivity contribution is -0.152. The van der Waals surface area contributed by atoms with E-state index in [9.17, 15) is 13.2 Å². The maximum atomic E-state index is 13.0. The van der Waals surface area contributed by atoms with E-state index in [2.05, 4.69) is 20.8 Å². The molecule has 34 heavy (non-hydrogen) atoms. The predicted octanol–water partition coefficient (Wildman–Crippen LogP) is 7.75. The lowest BCUT2D eigenvalue weighted by Gasteiger charge is -2.27. The summed E-state index contributed by atoms with van der Waals surface area (Å²) in [5, 5.41) is 0. The van der Waals surface area contributed by atoms with Gasteiger partial charge in [0.05, 0.1) is 4.90 Å². The Kier molecular flexibility index (Phi) is 15.4. The number of benzene rings is 1. The van der Waals surface area contributed by atoms with E-state index in [1.807, 2.05) is 6.92 Å². The zero-order valence-corrected chi connectivity index (χ0v) is 23.0. The highest BCUT2D eigenvalue weighted by Crippen LogP contribution is 2.25. The van der Waals surface area contributed by atoms with E-state index < -0.39 is 28.3 Å². The van der Waals surface area contributed by atoms with Gasteiger partial charge in [-0.1, -0.05) is 103 Å². The lowest BCUT2D eigenvalue weighted by atomic mass is 9.98. The highest BCUT2D eigenvalue weighted by atomic mass is 32.2. The number of carbonyl (C=O) groups excluding carboxylic acids is 1. The fourth-order valence-electron chi connectivity index (χ4n) is 4.13. The third kappa shape index (κ3) is 13.5. The molecule has 196 valence electrons. The van der Waals surface area contributed by atoms with Crippen LogP contribution < -0.4 is 0 Å². The minimum absolute atomic E-state index is 0.138. The van der Waals surface area contributed by atoms with E-state index in [0.29, 0.717) is 18.8 Å². The Morgan fingerprint density at radius 3 is 1.85 bits per heavy atom. The molecule has 0 amide bonds. The van der Waals surface area contributed by atoms with Crippen LogP contribution in [0.25, 0.3) is 0 Å². The largest absolute Gasteiger partial charge is 0.460 e. The summed E-state index contributed by atoms with van der Waals surface area (Å²) in [7, 11) is -3.95. The standard InChI is InChI=1S/C28H48O5S/c1-6-7-8-9-10-11-12-13-17-27(32-25(5)29)28(18-15-14-16-23(2)3)33-34(30,31)26-21-19-24(4)20-22-26/h19-23,27-28H,6-18H2,1-5H3. The molecule has 0 aliphatic rings. The molecule has 0 spiro atoms. The molecular weight excluding hydrogens is 448 g/mol. The molecule has 0 bridgehead atoms. The van der Waals surface area contributed by atoms with Crippen LogP contribution in [0.1, 0.15) is 117 Å². The summed E-state index contributed by atoms with van der Waals surface area (Å²) in [6.45, 7) is 9.87. The van der Waals surface area contributed by atoms with E-state index in [-0.39, 0.29) is 4.90 Å². The Morgan fingerprint density at radius 1 is 0.794 bits per heavy atom. The van der Waals surface area contributed by atoms with Crippen molar-refractivity contribution in [1.29, 1.82) is 0 Å². The number of ether oxygens (including phenoxy) is 1. The van der Waals surface area contributed by atoms with Crippen molar-refractivity contribution in [2.75, 3.05) is 0 Å². The van der Waals surface area contributed by atoms with Crippen molar-refractivity contribution in [2.24, 2.45) is 5.92 Å². The zero-order chi connectivity index (χ0) is 25.4. The number of carbonyl (C=O) groups is 1. The number of esters is 1. The van der Waals surface area contributed by atoms with Gasteiger partial charge in [0, 0.05) is 6.92 Å². The second-order valence-electron chi connectivity index (χ2n) is 9.99. The number of aryl methyl sites for hydroxylation is 1. The third-order valence-electron chi connectivity index (χ3n) is 6.15. The molecule has 0 heterocycles. The molecule has 5 nitrogen and oxygen atoms in total. The van der Waals surface area contributed by atoms with Gasteiger partial charge in [0.25, 0.3) is 10.1 Å². The van der Waals surface area contributed by atoms with Crippen molar-refractivity contribution in [1.82, 2.24) is 0 Å². The average molecular weight is 497 g/mol. The SMILES string of the molecule is CCCCCCCCCCC(OC(C)=O)C(CCCCC(C)C)OS(=O)(=O)c1ccc(C)cc1. The monoisotopic (exact) mass is 496 g/mol. The summed E-state index contributed by atoms with van der Waals surface area (Å²) in [5.74, 6) is 0.199. The van der Waals surface area contributed by atoms with Crippen molar-refractivity contribution >= 4 is 16.1 Å². The molecule has 0 radical (unpaired) electrons. The van der Waals surface area contributed by atoms with Crippen LogP contribution >= 0.6 is 0 Å². The summed E-state index contributed by atoms with van der Waals surface area (Å²) in [6.07, 6.45) is 12.2. The quantitative estimate of drug-likeness (QED) is 0.111. The predicted molar refractivity (Wildman–Crippen MR) is 139 cm³/mol. The molecular formula is C28H48O5S. The first kappa shape index (κ1) is 30.6. The van der Waals surface area contributed by atoms with E-state index in [0.717, 1.165) is 44.1 Å². The molecule has 1 rings (SSSR count). The molecule has 0 fully saturated rings. The van der Waals surface area contributed by atoms with Crippen molar-refractivity contribution in [3.8, 4) is 0 Å². The first-order valence-electron chi connectivity index (χ1n) is 13.3. The van der Waals surface area contributed by atoms with Gasteiger partial charge in [0.1, 0.15) is 12.2 Å². The Balaban J connectivity index is 2.83. The maximum Gasteiger partial charge on any atom is 0.302 e. The van der Waals surface area contributed by atoms with Gasteiger partial charge in [0.2, 0.25) is 0 Å². The number of rotatable bonds is 19. The molecule has 0 aliphatic heterocycles. The summed E-state index contributed by atoms with van der Waals surface area (Å²) >= 11 is 0. The van der Waals surface area contributed by atoms with E-state index in [1.54, 1.807) is 24.3 Å². The minimum atomic E-state index is -3.95. The summed E-state index contributed by atoms with van der Waals surface area (Å²) in [6, 6.07) is 6.66. The summed E-state index contributed by atoms with van der Waals surface area (Å²) in [5.41, 5.74) is 0.983. The van der Waals surface area contributed by atoms with Crippen LogP contribution in [0.3, 0.4) is 0 Å². The number of hydrogen-bond acceptors (Lipinski definition) is 5. The smallest absolute Gasteiger partial charge is 0.302 e. The van der Waals surface area contributed by atoms with Gasteiger partial charge < -0.3 is 4.74 Å². The summed E-state index contributed by atoms with van der Waals surface area (Å²) < 4.78 is 37.4. The van der Waals surface area contributed by atoms with Crippen LogP contribution in [0.5, 0.6) is 0 Å². The van der Waals surface area contributed by atoms with Crippen LogP contribution in [0.15, 0.2) is 29.2 Å². The minimum Gasteiger partial charge on any atom is -0.460 e. The molecule has 1 aromatic rings. The maximum absolute atomic E-state index is 13.0. The zero-order valence-electron chi connectivity index (χ0n) is 22.2. The second kappa shape index (κ2) is 17.1. The molecule has 0 aliphatic carbocycles. The number of hydrogen-bond donors (Lipinski definition) is 0. The highest BCUT2D eigenvalue weighted by molar-refractivity contribution is 7.86. The molecule has 0 saturated heterocycles. The first-order chi connectivity index (χ1) is 16.2.